The number of rotatable bonds is 5. The number of anilines is 1. The van der Waals surface area contributed by atoms with E-state index in [1.54, 1.807) is 24.3 Å². The van der Waals surface area contributed by atoms with Crippen LogP contribution in [0.4, 0.5) is 5.69 Å². The highest BCUT2D eigenvalue weighted by atomic mass is 35.5. The zero-order valence-corrected chi connectivity index (χ0v) is 17.1. The van der Waals surface area contributed by atoms with Gasteiger partial charge < -0.3 is 0 Å². The third-order valence-corrected chi connectivity index (χ3v) is 6.79. The van der Waals surface area contributed by atoms with E-state index in [0.717, 1.165) is 17.1 Å². The second-order valence-corrected chi connectivity index (χ2v) is 9.09. The minimum atomic E-state index is -4.04. The summed E-state index contributed by atoms with van der Waals surface area (Å²) in [5.41, 5.74) is 5.03. The second-order valence-electron chi connectivity index (χ2n) is 6.31. The molecule has 1 aliphatic carbocycles. The summed E-state index contributed by atoms with van der Waals surface area (Å²) in [6, 6.07) is 10.1. The fourth-order valence-electron chi connectivity index (χ4n) is 2.42. The first kappa shape index (κ1) is 20.4. The largest absolute Gasteiger partial charge is 0.273 e. The lowest BCUT2D eigenvalue weighted by atomic mass is 10.2. The van der Waals surface area contributed by atoms with Crippen LogP contribution in [-0.4, -0.2) is 27.3 Å². The Kier molecular flexibility index (Phi) is 5.83. The lowest BCUT2D eigenvalue weighted by Crippen LogP contribution is -2.42. The van der Waals surface area contributed by atoms with Gasteiger partial charge in [0.1, 0.15) is 4.90 Å². The molecule has 0 aromatic heterocycles. The number of amides is 2. The van der Waals surface area contributed by atoms with Crippen molar-refractivity contribution in [3.05, 3.63) is 58.1 Å². The predicted octanol–water partition coefficient (Wildman–Crippen LogP) is 2.99. The van der Waals surface area contributed by atoms with Gasteiger partial charge in [-0.15, -0.1) is 0 Å². The van der Waals surface area contributed by atoms with Gasteiger partial charge in [0.05, 0.1) is 10.7 Å². The maximum Gasteiger partial charge on any atom is 0.269 e. The van der Waals surface area contributed by atoms with Crippen LogP contribution in [0.15, 0.2) is 47.4 Å². The van der Waals surface area contributed by atoms with Gasteiger partial charge in [0.2, 0.25) is 5.91 Å². The fourth-order valence-corrected chi connectivity index (χ4v) is 4.24. The Hall–Kier alpha value is -2.29. The summed E-state index contributed by atoms with van der Waals surface area (Å²) in [5, 5.41) is 0.443. The van der Waals surface area contributed by atoms with Gasteiger partial charge in [-0.2, -0.15) is 0 Å². The molecule has 7 nitrogen and oxygen atoms in total. The Labute approximate surface area is 172 Å². The predicted molar refractivity (Wildman–Crippen MR) is 107 cm³/mol. The average molecular weight is 442 g/mol. The lowest BCUT2D eigenvalue weighted by molar-refractivity contribution is -0.123. The van der Waals surface area contributed by atoms with Gasteiger partial charge in [0.25, 0.3) is 15.9 Å². The Morgan fingerprint density at radius 2 is 1.68 bits per heavy atom. The number of carbonyl (C=O) groups is 2. The maximum atomic E-state index is 13.0. The van der Waals surface area contributed by atoms with Crippen LogP contribution in [0, 0.1) is 5.92 Å². The molecule has 148 valence electrons. The molecule has 1 fully saturated rings. The number of hydrazine groups is 1. The van der Waals surface area contributed by atoms with Crippen LogP contribution in [-0.2, 0) is 14.8 Å². The number of nitrogens with one attached hydrogen (secondary N) is 2. The topological polar surface area (TPSA) is 95.6 Å². The lowest BCUT2D eigenvalue weighted by Gasteiger charge is -2.20. The van der Waals surface area contributed by atoms with E-state index >= 15 is 0 Å². The van der Waals surface area contributed by atoms with E-state index in [1.807, 2.05) is 0 Å². The van der Waals surface area contributed by atoms with E-state index in [0.29, 0.717) is 10.7 Å². The summed E-state index contributed by atoms with van der Waals surface area (Å²) in [7, 11) is -2.66. The number of nitrogens with zero attached hydrogens (tertiary/aromatic N) is 1. The summed E-state index contributed by atoms with van der Waals surface area (Å²) >= 11 is 11.9. The van der Waals surface area contributed by atoms with Crippen LogP contribution in [0.2, 0.25) is 10.0 Å². The Bertz CT molecular complexity index is 1020. The van der Waals surface area contributed by atoms with E-state index in [4.69, 9.17) is 23.2 Å². The number of sulfonamides is 1. The second kappa shape index (κ2) is 7.98. The van der Waals surface area contributed by atoms with E-state index in [-0.39, 0.29) is 27.3 Å². The van der Waals surface area contributed by atoms with Crippen LogP contribution < -0.4 is 15.2 Å². The number of hydrogen-bond donors (Lipinski definition) is 2. The molecule has 2 aromatic carbocycles. The van der Waals surface area contributed by atoms with Gasteiger partial charge in [-0.3, -0.25) is 24.7 Å². The van der Waals surface area contributed by atoms with Crippen molar-refractivity contribution < 1.29 is 18.0 Å². The Morgan fingerprint density at radius 3 is 2.29 bits per heavy atom. The molecule has 0 atom stereocenters. The van der Waals surface area contributed by atoms with Crippen LogP contribution >= 0.6 is 23.2 Å². The first-order valence-corrected chi connectivity index (χ1v) is 10.5. The molecule has 2 amide bonds. The number of benzene rings is 2. The standard InChI is InChI=1S/C18H17Cl2N3O4S/c1-23(14-7-5-13(19)6-8-14)28(26,27)16-10-12(4-9-15(16)20)18(25)22-21-17(24)11-2-3-11/h4-11H,2-3H2,1H3,(H,21,24)(H,22,25). The molecule has 0 spiro atoms. The molecule has 0 heterocycles. The first-order valence-electron chi connectivity index (χ1n) is 8.34. The number of halogens is 2. The molecule has 0 unspecified atom stereocenters. The minimum Gasteiger partial charge on any atom is -0.273 e. The van der Waals surface area contributed by atoms with Crippen molar-refractivity contribution >= 4 is 50.7 Å². The van der Waals surface area contributed by atoms with Crippen molar-refractivity contribution in [3.8, 4) is 0 Å². The molecule has 2 N–H and O–H groups in total. The van der Waals surface area contributed by atoms with Crippen molar-refractivity contribution in [2.24, 2.45) is 5.92 Å². The van der Waals surface area contributed by atoms with E-state index in [1.165, 1.54) is 25.2 Å². The molecule has 0 saturated heterocycles. The van der Waals surface area contributed by atoms with Crippen LogP contribution in [0.1, 0.15) is 23.2 Å². The number of hydrogen-bond acceptors (Lipinski definition) is 4. The summed E-state index contributed by atoms with van der Waals surface area (Å²) in [6.45, 7) is 0. The Morgan fingerprint density at radius 1 is 1.04 bits per heavy atom. The monoisotopic (exact) mass is 441 g/mol. The van der Waals surface area contributed by atoms with Gasteiger partial charge in [-0.1, -0.05) is 23.2 Å². The third-order valence-electron chi connectivity index (χ3n) is 4.27. The molecule has 1 aliphatic rings. The molecule has 28 heavy (non-hydrogen) atoms. The highest BCUT2D eigenvalue weighted by molar-refractivity contribution is 7.93. The molecular weight excluding hydrogens is 425 g/mol. The zero-order valence-electron chi connectivity index (χ0n) is 14.8. The SMILES string of the molecule is CN(c1ccc(Cl)cc1)S(=O)(=O)c1cc(C(=O)NNC(=O)C2CC2)ccc1Cl. The van der Waals surface area contributed by atoms with Gasteiger partial charge in [0.15, 0.2) is 0 Å². The molecule has 3 rings (SSSR count). The summed E-state index contributed by atoms with van der Waals surface area (Å²) in [5.74, 6) is -0.983. The quantitative estimate of drug-likeness (QED) is 0.696. The molecule has 0 bridgehead atoms. The summed E-state index contributed by atoms with van der Waals surface area (Å²) in [6.07, 6.45) is 1.59. The normalized spacial score (nSPS) is 13.7. The highest BCUT2D eigenvalue weighted by Crippen LogP contribution is 2.30. The van der Waals surface area contributed by atoms with Crippen LogP contribution in [0.25, 0.3) is 0 Å². The van der Waals surface area contributed by atoms with Crippen molar-refractivity contribution in [3.63, 3.8) is 0 Å². The van der Waals surface area contributed by atoms with Crippen molar-refractivity contribution in [2.75, 3.05) is 11.4 Å². The minimum absolute atomic E-state index is 0.0284. The molecule has 0 radical (unpaired) electrons. The van der Waals surface area contributed by atoms with E-state index in [9.17, 15) is 18.0 Å². The molecule has 2 aromatic rings. The van der Waals surface area contributed by atoms with Crippen molar-refractivity contribution in [1.29, 1.82) is 0 Å². The first-order chi connectivity index (χ1) is 13.2. The van der Waals surface area contributed by atoms with Gasteiger partial charge in [0, 0.05) is 23.6 Å². The van der Waals surface area contributed by atoms with Crippen molar-refractivity contribution in [1.82, 2.24) is 10.9 Å². The summed E-state index contributed by atoms with van der Waals surface area (Å²) < 4.78 is 27.0. The molecular formula is C18H17Cl2N3O4S. The summed E-state index contributed by atoms with van der Waals surface area (Å²) in [4.78, 5) is 23.7. The highest BCUT2D eigenvalue weighted by Gasteiger charge is 2.30. The average Bonchev–Trinajstić information content (AvgIpc) is 3.51. The fraction of sp³-hybridized carbons (Fsp3) is 0.222. The smallest absolute Gasteiger partial charge is 0.269 e. The molecule has 0 aliphatic heterocycles. The van der Waals surface area contributed by atoms with E-state index in [2.05, 4.69) is 10.9 Å². The van der Waals surface area contributed by atoms with E-state index < -0.39 is 15.9 Å². The van der Waals surface area contributed by atoms with Gasteiger partial charge in [-0.25, -0.2) is 8.42 Å². The van der Waals surface area contributed by atoms with Gasteiger partial charge in [-0.05, 0) is 55.3 Å². The molecule has 1 saturated carbocycles. The van der Waals surface area contributed by atoms with Crippen molar-refractivity contribution in [2.45, 2.75) is 17.7 Å². The van der Waals surface area contributed by atoms with Gasteiger partial charge >= 0.3 is 0 Å². The van der Waals surface area contributed by atoms with Crippen LogP contribution in [0.3, 0.4) is 0 Å². The maximum absolute atomic E-state index is 13.0. The zero-order chi connectivity index (χ0) is 20.5. The molecule has 10 heteroatoms. The Balaban J connectivity index is 1.84. The third kappa shape index (κ3) is 4.40. The van der Waals surface area contributed by atoms with Crippen LogP contribution in [0.5, 0.6) is 0 Å². The number of carbonyl (C=O) groups excluding carboxylic acids is 2.